The Kier molecular flexibility index (Phi) is 3.06. The summed E-state index contributed by atoms with van der Waals surface area (Å²) in [4.78, 5) is 2.33. The normalized spacial score (nSPS) is 30.1. The zero-order valence-corrected chi connectivity index (χ0v) is 10.0. The number of ether oxygens (including phenoxy) is 1. The standard InChI is InChI=1S/C13H23NO/c1-4-14-7-5-13(6-8-14)9-12(11(2)3)15-10-13/h4,11-12H,1,5-10H2,2-3H3. The maximum absolute atomic E-state index is 5.93. The van der Waals surface area contributed by atoms with E-state index in [4.69, 9.17) is 4.74 Å². The van der Waals surface area contributed by atoms with E-state index in [1.54, 1.807) is 0 Å². The topological polar surface area (TPSA) is 12.5 Å². The molecule has 0 aromatic heterocycles. The van der Waals surface area contributed by atoms with E-state index in [-0.39, 0.29) is 0 Å². The summed E-state index contributed by atoms with van der Waals surface area (Å²) < 4.78 is 5.93. The fourth-order valence-corrected chi connectivity index (χ4v) is 2.79. The highest BCUT2D eigenvalue weighted by atomic mass is 16.5. The Hall–Kier alpha value is -0.500. The number of likely N-dealkylation sites (tertiary alicyclic amines) is 1. The maximum atomic E-state index is 5.93. The van der Waals surface area contributed by atoms with E-state index in [9.17, 15) is 0 Å². The van der Waals surface area contributed by atoms with E-state index < -0.39 is 0 Å². The summed E-state index contributed by atoms with van der Waals surface area (Å²) in [6.07, 6.45) is 6.31. The van der Waals surface area contributed by atoms with Crippen LogP contribution in [0.25, 0.3) is 0 Å². The average molecular weight is 209 g/mol. The average Bonchev–Trinajstić information content (AvgIpc) is 2.64. The van der Waals surface area contributed by atoms with Gasteiger partial charge in [0.2, 0.25) is 0 Å². The van der Waals surface area contributed by atoms with Crippen molar-refractivity contribution in [3.8, 4) is 0 Å². The van der Waals surface area contributed by atoms with Crippen LogP contribution in [0.15, 0.2) is 12.8 Å². The van der Waals surface area contributed by atoms with Gasteiger partial charge in [0.05, 0.1) is 12.7 Å². The first-order chi connectivity index (χ1) is 7.15. The van der Waals surface area contributed by atoms with Gasteiger partial charge in [-0.1, -0.05) is 20.4 Å². The molecule has 1 atom stereocenters. The minimum atomic E-state index is 0.494. The van der Waals surface area contributed by atoms with Crippen molar-refractivity contribution in [2.45, 2.75) is 39.2 Å². The molecular formula is C13H23NO. The van der Waals surface area contributed by atoms with Gasteiger partial charge in [-0.25, -0.2) is 0 Å². The number of piperidine rings is 1. The Morgan fingerprint density at radius 3 is 2.53 bits per heavy atom. The van der Waals surface area contributed by atoms with Crippen LogP contribution in [0.5, 0.6) is 0 Å². The Labute approximate surface area is 93.3 Å². The molecule has 2 heteroatoms. The molecule has 0 bridgehead atoms. The van der Waals surface area contributed by atoms with Crippen molar-refractivity contribution in [2.24, 2.45) is 11.3 Å². The molecule has 2 saturated heterocycles. The quantitative estimate of drug-likeness (QED) is 0.693. The molecule has 2 heterocycles. The fourth-order valence-electron chi connectivity index (χ4n) is 2.79. The van der Waals surface area contributed by atoms with Gasteiger partial charge >= 0.3 is 0 Å². The summed E-state index contributed by atoms with van der Waals surface area (Å²) >= 11 is 0. The zero-order chi connectivity index (χ0) is 10.9. The Bertz CT molecular complexity index is 229. The molecule has 86 valence electrons. The monoisotopic (exact) mass is 209 g/mol. The van der Waals surface area contributed by atoms with Crippen LogP contribution in [-0.4, -0.2) is 30.7 Å². The molecule has 2 fully saturated rings. The lowest BCUT2D eigenvalue weighted by molar-refractivity contribution is 0.0561. The van der Waals surface area contributed by atoms with E-state index in [1.165, 1.54) is 19.3 Å². The second-order valence-electron chi connectivity index (χ2n) is 5.52. The molecule has 1 spiro atoms. The predicted octanol–water partition coefficient (Wildman–Crippen LogP) is 2.66. The molecule has 2 nitrogen and oxygen atoms in total. The van der Waals surface area contributed by atoms with E-state index in [2.05, 4.69) is 25.3 Å². The van der Waals surface area contributed by atoms with Gasteiger partial charge in [0.25, 0.3) is 0 Å². The first-order valence-electron chi connectivity index (χ1n) is 6.13. The van der Waals surface area contributed by atoms with Crippen LogP contribution in [0, 0.1) is 11.3 Å². The summed E-state index contributed by atoms with van der Waals surface area (Å²) in [5.74, 6) is 0.668. The summed E-state index contributed by atoms with van der Waals surface area (Å²) in [5.41, 5.74) is 0.494. The van der Waals surface area contributed by atoms with Crippen LogP contribution >= 0.6 is 0 Å². The third-order valence-electron chi connectivity index (χ3n) is 4.10. The molecule has 0 aliphatic carbocycles. The van der Waals surface area contributed by atoms with Gasteiger partial charge in [-0.2, -0.15) is 0 Å². The molecule has 0 N–H and O–H groups in total. The van der Waals surface area contributed by atoms with Gasteiger partial charge in [-0.3, -0.25) is 0 Å². The van der Waals surface area contributed by atoms with Gasteiger partial charge in [-0.05, 0) is 36.8 Å². The van der Waals surface area contributed by atoms with Crippen molar-refractivity contribution in [2.75, 3.05) is 19.7 Å². The molecular weight excluding hydrogens is 186 g/mol. The number of hydrogen-bond donors (Lipinski definition) is 0. The van der Waals surface area contributed by atoms with Crippen molar-refractivity contribution >= 4 is 0 Å². The Morgan fingerprint density at radius 2 is 2.07 bits per heavy atom. The highest BCUT2D eigenvalue weighted by Gasteiger charge is 2.42. The van der Waals surface area contributed by atoms with Crippen molar-refractivity contribution in [3.63, 3.8) is 0 Å². The predicted molar refractivity (Wildman–Crippen MR) is 62.6 cm³/mol. The largest absolute Gasteiger partial charge is 0.378 e. The number of nitrogens with zero attached hydrogens (tertiary/aromatic N) is 1. The van der Waals surface area contributed by atoms with Crippen LogP contribution in [0.4, 0.5) is 0 Å². The van der Waals surface area contributed by atoms with Crippen LogP contribution in [0.1, 0.15) is 33.1 Å². The van der Waals surface area contributed by atoms with Crippen molar-refractivity contribution in [1.82, 2.24) is 4.90 Å². The Morgan fingerprint density at radius 1 is 1.40 bits per heavy atom. The van der Waals surface area contributed by atoms with Crippen LogP contribution in [0.2, 0.25) is 0 Å². The first-order valence-corrected chi connectivity index (χ1v) is 6.13. The van der Waals surface area contributed by atoms with Gasteiger partial charge in [0.15, 0.2) is 0 Å². The van der Waals surface area contributed by atoms with E-state index in [0.717, 1.165) is 19.7 Å². The molecule has 1 unspecified atom stereocenters. The zero-order valence-electron chi connectivity index (χ0n) is 10.0. The first kappa shape index (κ1) is 11.0. The van der Waals surface area contributed by atoms with Gasteiger partial charge in [-0.15, -0.1) is 0 Å². The SMILES string of the molecule is C=CN1CCC2(CC1)COC(C(C)C)C2. The molecule has 2 aliphatic heterocycles. The summed E-state index contributed by atoms with van der Waals surface area (Å²) in [5, 5.41) is 0. The summed E-state index contributed by atoms with van der Waals surface area (Å²) in [6.45, 7) is 11.7. The van der Waals surface area contributed by atoms with Crippen molar-refractivity contribution in [3.05, 3.63) is 12.8 Å². The van der Waals surface area contributed by atoms with Crippen LogP contribution in [0.3, 0.4) is 0 Å². The third-order valence-corrected chi connectivity index (χ3v) is 4.10. The van der Waals surface area contributed by atoms with Gasteiger partial charge < -0.3 is 9.64 Å². The van der Waals surface area contributed by atoms with E-state index in [1.807, 2.05) is 6.20 Å². The smallest absolute Gasteiger partial charge is 0.0604 e. The van der Waals surface area contributed by atoms with E-state index in [0.29, 0.717) is 17.4 Å². The van der Waals surface area contributed by atoms with Crippen LogP contribution < -0.4 is 0 Å². The summed E-state index contributed by atoms with van der Waals surface area (Å²) in [6, 6.07) is 0. The third kappa shape index (κ3) is 2.20. The molecule has 2 aliphatic rings. The second-order valence-corrected chi connectivity index (χ2v) is 5.52. The lowest BCUT2D eigenvalue weighted by Crippen LogP contribution is -2.37. The Balaban J connectivity index is 1.91. The fraction of sp³-hybridized carbons (Fsp3) is 0.846. The van der Waals surface area contributed by atoms with Crippen molar-refractivity contribution in [1.29, 1.82) is 0 Å². The molecule has 0 aromatic rings. The van der Waals surface area contributed by atoms with Gasteiger partial charge in [0, 0.05) is 13.1 Å². The number of rotatable bonds is 2. The van der Waals surface area contributed by atoms with Crippen molar-refractivity contribution < 1.29 is 4.74 Å². The molecule has 15 heavy (non-hydrogen) atoms. The van der Waals surface area contributed by atoms with E-state index >= 15 is 0 Å². The summed E-state index contributed by atoms with van der Waals surface area (Å²) in [7, 11) is 0. The highest BCUT2D eigenvalue weighted by Crippen LogP contribution is 2.43. The second kappa shape index (κ2) is 4.17. The van der Waals surface area contributed by atoms with Crippen LogP contribution in [-0.2, 0) is 4.74 Å². The molecule has 2 rings (SSSR count). The number of hydrogen-bond acceptors (Lipinski definition) is 2. The lowest BCUT2D eigenvalue weighted by atomic mass is 9.75. The minimum absolute atomic E-state index is 0.494. The molecule has 0 radical (unpaired) electrons. The molecule has 0 aromatic carbocycles. The molecule has 0 saturated carbocycles. The minimum Gasteiger partial charge on any atom is -0.378 e. The van der Waals surface area contributed by atoms with Gasteiger partial charge in [0.1, 0.15) is 0 Å². The maximum Gasteiger partial charge on any atom is 0.0604 e. The highest BCUT2D eigenvalue weighted by molar-refractivity contribution is 4.94. The molecule has 0 amide bonds. The lowest BCUT2D eigenvalue weighted by Gasteiger charge is -2.38.